The van der Waals surface area contributed by atoms with Gasteiger partial charge in [0.15, 0.2) is 0 Å². The fourth-order valence-electron chi connectivity index (χ4n) is 2.12. The van der Waals surface area contributed by atoms with Crippen LogP contribution >= 0.6 is 11.3 Å². The highest BCUT2D eigenvalue weighted by molar-refractivity contribution is 7.13. The number of amides is 1. The number of benzene rings is 1. The number of aliphatic carboxylic acids is 1. The summed E-state index contributed by atoms with van der Waals surface area (Å²) in [5.74, 6) is -1.65. The van der Waals surface area contributed by atoms with Crippen molar-refractivity contribution in [1.82, 2.24) is 10.3 Å². The Bertz CT molecular complexity index is 759. The number of carbonyl (C=O) groups is 2. The Balaban J connectivity index is 2.04. The van der Waals surface area contributed by atoms with Gasteiger partial charge in [0.05, 0.1) is 5.69 Å². The highest BCUT2D eigenvalue weighted by Crippen LogP contribution is 2.21. The third-order valence-corrected chi connectivity index (χ3v) is 4.57. The second kappa shape index (κ2) is 8.06. The van der Waals surface area contributed by atoms with Crippen LogP contribution in [-0.4, -0.2) is 28.0 Å². The van der Waals surface area contributed by atoms with Gasteiger partial charge in [-0.15, -0.1) is 11.3 Å². The summed E-state index contributed by atoms with van der Waals surface area (Å²) in [6.45, 7) is 5.26. The zero-order chi connectivity index (χ0) is 18.6. The Kier molecular flexibility index (Phi) is 6.08. The van der Waals surface area contributed by atoms with Crippen molar-refractivity contribution in [2.45, 2.75) is 33.4 Å². The lowest BCUT2D eigenvalue weighted by atomic mass is 10.0. The molecule has 0 spiro atoms. The quantitative estimate of drug-likeness (QED) is 0.786. The minimum Gasteiger partial charge on any atom is -0.486 e. The highest BCUT2D eigenvalue weighted by atomic mass is 32.1. The Morgan fingerprint density at radius 3 is 2.52 bits per heavy atom. The molecule has 0 saturated carbocycles. The second-order valence-electron chi connectivity index (χ2n) is 5.80. The Morgan fingerprint density at radius 2 is 1.96 bits per heavy atom. The Hall–Kier alpha value is -2.48. The predicted octanol–water partition coefficient (Wildman–Crippen LogP) is 3.01. The van der Waals surface area contributed by atoms with Crippen molar-refractivity contribution in [3.8, 4) is 5.75 Å². The number of nitrogens with one attached hydrogen (secondary N) is 1. The molecule has 1 atom stereocenters. The van der Waals surface area contributed by atoms with E-state index in [1.54, 1.807) is 20.8 Å². The van der Waals surface area contributed by atoms with Gasteiger partial charge in [-0.2, -0.15) is 0 Å². The number of hydrogen-bond acceptors (Lipinski definition) is 5. The molecule has 0 bridgehead atoms. The zero-order valence-corrected chi connectivity index (χ0v) is 14.9. The number of carboxylic acids is 1. The first kappa shape index (κ1) is 18.9. The molecule has 0 aliphatic heterocycles. The predicted molar refractivity (Wildman–Crippen MR) is 91.3 cm³/mol. The van der Waals surface area contributed by atoms with Crippen molar-refractivity contribution in [3.05, 3.63) is 45.7 Å². The molecule has 0 fully saturated rings. The highest BCUT2D eigenvalue weighted by Gasteiger charge is 2.26. The van der Waals surface area contributed by atoms with E-state index in [-0.39, 0.29) is 18.3 Å². The van der Waals surface area contributed by atoms with Crippen LogP contribution in [0, 0.1) is 18.7 Å². The van der Waals surface area contributed by atoms with Crippen LogP contribution in [0.15, 0.2) is 24.3 Å². The molecule has 134 valence electrons. The van der Waals surface area contributed by atoms with E-state index in [4.69, 9.17) is 4.74 Å². The van der Waals surface area contributed by atoms with Crippen molar-refractivity contribution in [3.63, 3.8) is 0 Å². The molecule has 1 amide bonds. The maximum Gasteiger partial charge on any atom is 0.326 e. The molecular weight excluding hydrogens is 347 g/mol. The van der Waals surface area contributed by atoms with Crippen LogP contribution in [0.5, 0.6) is 5.75 Å². The third kappa shape index (κ3) is 4.99. The molecular formula is C17H19FN2O4S. The first-order chi connectivity index (χ1) is 11.8. The standard InChI is InChI=1S/C17H19FN2O4S/c1-9(2)14(17(22)23)20-16(21)15-10(3)19-13(25-15)8-24-12-6-4-11(18)5-7-12/h4-7,9,14H,8H2,1-3H3,(H,20,21)(H,22,23). The molecule has 1 aromatic carbocycles. The largest absolute Gasteiger partial charge is 0.486 e. The van der Waals surface area contributed by atoms with Gasteiger partial charge in [0.2, 0.25) is 0 Å². The van der Waals surface area contributed by atoms with E-state index < -0.39 is 17.9 Å². The van der Waals surface area contributed by atoms with Gasteiger partial charge in [-0.3, -0.25) is 4.79 Å². The van der Waals surface area contributed by atoms with E-state index in [2.05, 4.69) is 10.3 Å². The summed E-state index contributed by atoms with van der Waals surface area (Å²) in [4.78, 5) is 28.2. The van der Waals surface area contributed by atoms with Crippen molar-refractivity contribution in [2.75, 3.05) is 0 Å². The summed E-state index contributed by atoms with van der Waals surface area (Å²) >= 11 is 1.14. The normalized spacial score (nSPS) is 12.0. The molecule has 0 radical (unpaired) electrons. The number of ether oxygens (including phenoxy) is 1. The van der Waals surface area contributed by atoms with Crippen LogP contribution in [0.25, 0.3) is 0 Å². The zero-order valence-electron chi connectivity index (χ0n) is 14.1. The number of rotatable bonds is 7. The van der Waals surface area contributed by atoms with E-state index in [1.807, 2.05) is 0 Å². The van der Waals surface area contributed by atoms with Crippen LogP contribution < -0.4 is 10.1 Å². The first-order valence-corrected chi connectivity index (χ1v) is 8.48. The number of carbonyl (C=O) groups excluding carboxylic acids is 1. The molecule has 1 heterocycles. The molecule has 25 heavy (non-hydrogen) atoms. The molecule has 2 aromatic rings. The summed E-state index contributed by atoms with van der Waals surface area (Å²) in [6.07, 6.45) is 0. The van der Waals surface area contributed by atoms with Crippen LogP contribution in [0.1, 0.15) is 34.2 Å². The number of halogens is 1. The van der Waals surface area contributed by atoms with Gasteiger partial charge in [0.1, 0.15) is 34.1 Å². The van der Waals surface area contributed by atoms with Gasteiger partial charge in [0.25, 0.3) is 5.91 Å². The van der Waals surface area contributed by atoms with Crippen LogP contribution in [0.3, 0.4) is 0 Å². The molecule has 8 heteroatoms. The van der Waals surface area contributed by atoms with Gasteiger partial charge < -0.3 is 15.2 Å². The number of nitrogens with zero attached hydrogens (tertiary/aromatic N) is 1. The fraction of sp³-hybridized carbons (Fsp3) is 0.353. The maximum atomic E-state index is 12.9. The Labute approximate surface area is 148 Å². The molecule has 1 aromatic heterocycles. The Morgan fingerprint density at radius 1 is 1.32 bits per heavy atom. The van der Waals surface area contributed by atoms with Crippen LogP contribution in [-0.2, 0) is 11.4 Å². The molecule has 1 unspecified atom stereocenters. The van der Waals surface area contributed by atoms with Crippen molar-refractivity contribution in [1.29, 1.82) is 0 Å². The SMILES string of the molecule is Cc1nc(COc2ccc(F)cc2)sc1C(=O)NC(C(=O)O)C(C)C. The molecule has 0 saturated heterocycles. The lowest BCUT2D eigenvalue weighted by Crippen LogP contribution is -2.44. The maximum absolute atomic E-state index is 12.9. The number of aryl methyl sites for hydroxylation is 1. The smallest absolute Gasteiger partial charge is 0.326 e. The number of hydrogen-bond donors (Lipinski definition) is 2. The summed E-state index contributed by atoms with van der Waals surface area (Å²) in [5.41, 5.74) is 0.508. The van der Waals surface area contributed by atoms with Gasteiger partial charge >= 0.3 is 5.97 Å². The first-order valence-electron chi connectivity index (χ1n) is 7.66. The van der Waals surface area contributed by atoms with E-state index >= 15 is 0 Å². The number of carboxylic acid groups (broad SMARTS) is 1. The lowest BCUT2D eigenvalue weighted by Gasteiger charge is -2.17. The number of thiazole rings is 1. The molecule has 2 N–H and O–H groups in total. The van der Waals surface area contributed by atoms with Gasteiger partial charge in [-0.25, -0.2) is 14.2 Å². The second-order valence-corrected chi connectivity index (χ2v) is 6.88. The van der Waals surface area contributed by atoms with E-state index in [9.17, 15) is 19.1 Å². The fourth-order valence-corrected chi connectivity index (χ4v) is 3.00. The summed E-state index contributed by atoms with van der Waals surface area (Å²) in [7, 11) is 0. The van der Waals surface area contributed by atoms with E-state index in [0.29, 0.717) is 21.3 Å². The summed E-state index contributed by atoms with van der Waals surface area (Å²) < 4.78 is 18.4. The van der Waals surface area contributed by atoms with Crippen LogP contribution in [0.2, 0.25) is 0 Å². The lowest BCUT2D eigenvalue weighted by molar-refractivity contribution is -0.140. The minimum atomic E-state index is -1.08. The van der Waals surface area contributed by atoms with Gasteiger partial charge in [-0.1, -0.05) is 13.8 Å². The van der Waals surface area contributed by atoms with E-state index in [1.165, 1.54) is 24.3 Å². The average Bonchev–Trinajstić information content (AvgIpc) is 2.92. The van der Waals surface area contributed by atoms with Crippen LogP contribution in [0.4, 0.5) is 4.39 Å². The average molecular weight is 366 g/mol. The van der Waals surface area contributed by atoms with Crippen molar-refractivity contribution in [2.24, 2.45) is 5.92 Å². The third-order valence-electron chi connectivity index (χ3n) is 3.44. The molecule has 0 aliphatic carbocycles. The minimum absolute atomic E-state index is 0.136. The molecule has 6 nitrogen and oxygen atoms in total. The monoisotopic (exact) mass is 366 g/mol. The summed E-state index contributed by atoms with van der Waals surface area (Å²) in [5, 5.41) is 12.3. The number of aromatic nitrogens is 1. The van der Waals surface area contributed by atoms with E-state index in [0.717, 1.165) is 11.3 Å². The van der Waals surface area contributed by atoms with Crippen molar-refractivity contribution >= 4 is 23.2 Å². The van der Waals surface area contributed by atoms with Gasteiger partial charge in [-0.05, 0) is 37.1 Å². The van der Waals surface area contributed by atoms with Gasteiger partial charge in [0, 0.05) is 0 Å². The molecule has 0 aliphatic rings. The molecule has 2 rings (SSSR count). The van der Waals surface area contributed by atoms with Crippen molar-refractivity contribution < 1.29 is 23.8 Å². The summed E-state index contributed by atoms with van der Waals surface area (Å²) in [6, 6.07) is 4.62. The topological polar surface area (TPSA) is 88.5 Å².